The standard InChI is InChI=1S/C20H15Br2ClN2O4/c1-11-16(23)4-3-5-17(11)25-20(27)13(9-24)6-12-7-14(21)19(15(22)8-12)29-10-18(26)28-2/h3-8H,10H2,1-2H3,(H,25,27)/b13-6-. The molecular formula is C20H15Br2ClN2O4. The Bertz CT molecular complexity index is 1010. The van der Waals surface area contributed by atoms with Crippen LogP contribution in [0.15, 0.2) is 44.9 Å². The third kappa shape index (κ3) is 6.07. The summed E-state index contributed by atoms with van der Waals surface area (Å²) in [5.74, 6) is -0.686. The summed E-state index contributed by atoms with van der Waals surface area (Å²) < 4.78 is 11.0. The van der Waals surface area contributed by atoms with Gasteiger partial charge in [0, 0.05) is 10.7 Å². The average Bonchev–Trinajstić information content (AvgIpc) is 2.68. The molecule has 2 rings (SSSR count). The molecule has 6 nitrogen and oxygen atoms in total. The van der Waals surface area contributed by atoms with Gasteiger partial charge in [-0.25, -0.2) is 4.79 Å². The fourth-order valence-corrected chi connectivity index (χ4v) is 3.86. The maximum absolute atomic E-state index is 12.5. The number of ether oxygens (including phenoxy) is 2. The lowest BCUT2D eigenvalue weighted by molar-refractivity contribution is -0.142. The number of halogens is 3. The number of hydrogen-bond acceptors (Lipinski definition) is 5. The summed E-state index contributed by atoms with van der Waals surface area (Å²) in [6.07, 6.45) is 1.44. The Morgan fingerprint density at radius 1 is 1.28 bits per heavy atom. The third-order valence-electron chi connectivity index (χ3n) is 3.77. The summed E-state index contributed by atoms with van der Waals surface area (Å²) in [5, 5.41) is 12.6. The van der Waals surface area contributed by atoms with Crippen LogP contribution in [0.25, 0.3) is 6.08 Å². The SMILES string of the molecule is COC(=O)COc1c(Br)cc(/C=C(/C#N)C(=O)Nc2cccc(Cl)c2C)cc1Br. The van der Waals surface area contributed by atoms with Gasteiger partial charge in [0.05, 0.1) is 16.1 Å². The highest BCUT2D eigenvalue weighted by molar-refractivity contribution is 9.11. The van der Waals surface area contributed by atoms with E-state index in [0.29, 0.717) is 36.5 Å². The normalized spacial score (nSPS) is 10.8. The van der Waals surface area contributed by atoms with Crippen LogP contribution in [0.2, 0.25) is 5.02 Å². The highest BCUT2D eigenvalue weighted by Gasteiger charge is 2.14. The number of carbonyl (C=O) groups excluding carboxylic acids is 2. The second-order valence-corrected chi connectivity index (χ2v) is 7.83. The zero-order chi connectivity index (χ0) is 21.6. The lowest BCUT2D eigenvalue weighted by atomic mass is 10.1. The molecule has 0 aliphatic heterocycles. The molecule has 0 aliphatic rings. The Labute approximate surface area is 189 Å². The largest absolute Gasteiger partial charge is 0.480 e. The van der Waals surface area contributed by atoms with Crippen LogP contribution in [0.1, 0.15) is 11.1 Å². The first-order valence-corrected chi connectivity index (χ1v) is 10.1. The molecule has 0 spiro atoms. The molecule has 0 heterocycles. The lowest BCUT2D eigenvalue weighted by Crippen LogP contribution is -2.14. The molecule has 0 aliphatic carbocycles. The van der Waals surface area contributed by atoms with Crippen molar-refractivity contribution in [2.75, 3.05) is 19.0 Å². The molecule has 9 heteroatoms. The molecule has 0 bridgehead atoms. The molecule has 0 saturated carbocycles. The quantitative estimate of drug-likeness (QED) is 0.305. The highest BCUT2D eigenvalue weighted by Crippen LogP contribution is 2.35. The van der Waals surface area contributed by atoms with E-state index < -0.39 is 11.9 Å². The first-order valence-electron chi connectivity index (χ1n) is 8.13. The zero-order valence-electron chi connectivity index (χ0n) is 15.4. The minimum absolute atomic E-state index is 0.0913. The van der Waals surface area contributed by atoms with Crippen LogP contribution >= 0.6 is 43.5 Å². The molecule has 2 aromatic rings. The van der Waals surface area contributed by atoms with Crippen molar-refractivity contribution in [3.8, 4) is 11.8 Å². The molecule has 29 heavy (non-hydrogen) atoms. The fourth-order valence-electron chi connectivity index (χ4n) is 2.24. The van der Waals surface area contributed by atoms with Crippen molar-refractivity contribution in [1.29, 1.82) is 5.26 Å². The van der Waals surface area contributed by atoms with E-state index in [-0.39, 0.29) is 12.2 Å². The minimum Gasteiger partial charge on any atom is -0.480 e. The first-order chi connectivity index (χ1) is 13.8. The van der Waals surface area contributed by atoms with E-state index in [1.807, 2.05) is 6.07 Å². The van der Waals surface area contributed by atoms with Crippen molar-refractivity contribution in [3.63, 3.8) is 0 Å². The number of rotatable bonds is 6. The van der Waals surface area contributed by atoms with Gasteiger partial charge in [0.25, 0.3) is 5.91 Å². The van der Waals surface area contributed by atoms with Gasteiger partial charge < -0.3 is 14.8 Å². The van der Waals surface area contributed by atoms with Gasteiger partial charge >= 0.3 is 5.97 Å². The highest BCUT2D eigenvalue weighted by atomic mass is 79.9. The van der Waals surface area contributed by atoms with Gasteiger partial charge in [-0.3, -0.25) is 4.79 Å². The summed E-state index contributed by atoms with van der Waals surface area (Å²) in [6.45, 7) is 1.52. The molecule has 0 unspecified atom stereocenters. The lowest BCUT2D eigenvalue weighted by Gasteiger charge is -2.11. The van der Waals surface area contributed by atoms with Crippen molar-refractivity contribution in [2.45, 2.75) is 6.92 Å². The minimum atomic E-state index is -0.559. The molecule has 0 radical (unpaired) electrons. The molecule has 0 saturated heterocycles. The van der Waals surface area contributed by atoms with E-state index in [4.69, 9.17) is 16.3 Å². The van der Waals surface area contributed by atoms with E-state index in [9.17, 15) is 14.9 Å². The van der Waals surface area contributed by atoms with Crippen molar-refractivity contribution < 1.29 is 19.1 Å². The van der Waals surface area contributed by atoms with Crippen molar-refractivity contribution in [1.82, 2.24) is 0 Å². The van der Waals surface area contributed by atoms with Crippen LogP contribution in [-0.4, -0.2) is 25.6 Å². The summed E-state index contributed by atoms with van der Waals surface area (Å²) in [7, 11) is 1.27. The Balaban J connectivity index is 2.26. The molecule has 0 aromatic heterocycles. The smallest absolute Gasteiger partial charge is 0.343 e. The number of nitriles is 1. The van der Waals surface area contributed by atoms with Gasteiger partial charge in [0.1, 0.15) is 17.4 Å². The van der Waals surface area contributed by atoms with Crippen LogP contribution in [0.4, 0.5) is 5.69 Å². The van der Waals surface area contributed by atoms with Gasteiger partial charge in [-0.2, -0.15) is 5.26 Å². The van der Waals surface area contributed by atoms with E-state index >= 15 is 0 Å². The van der Waals surface area contributed by atoms with Crippen LogP contribution in [0.5, 0.6) is 5.75 Å². The van der Waals surface area contributed by atoms with E-state index in [1.165, 1.54) is 13.2 Å². The number of nitrogens with one attached hydrogen (secondary N) is 1. The van der Waals surface area contributed by atoms with Gasteiger partial charge in [-0.15, -0.1) is 0 Å². The van der Waals surface area contributed by atoms with Gasteiger partial charge in [-0.05, 0) is 80.3 Å². The number of amides is 1. The van der Waals surface area contributed by atoms with Gasteiger partial charge in [0.2, 0.25) is 0 Å². The molecule has 2 aromatic carbocycles. The van der Waals surface area contributed by atoms with Crippen molar-refractivity contribution in [3.05, 3.63) is 61.0 Å². The van der Waals surface area contributed by atoms with E-state index in [0.717, 1.165) is 0 Å². The molecular weight excluding hydrogens is 527 g/mol. The summed E-state index contributed by atoms with van der Waals surface area (Å²) >= 11 is 12.8. The maximum Gasteiger partial charge on any atom is 0.343 e. The predicted octanol–water partition coefficient (Wildman–Crippen LogP) is 5.27. The summed E-state index contributed by atoms with van der Waals surface area (Å²) in [6, 6.07) is 10.3. The Kier molecular flexibility index (Phi) is 8.26. The Morgan fingerprint density at radius 3 is 2.52 bits per heavy atom. The van der Waals surface area contributed by atoms with Gasteiger partial charge in [0.15, 0.2) is 6.61 Å². The van der Waals surface area contributed by atoms with Crippen LogP contribution in [-0.2, 0) is 14.3 Å². The summed E-state index contributed by atoms with van der Waals surface area (Å²) in [4.78, 5) is 23.8. The number of benzene rings is 2. The second-order valence-electron chi connectivity index (χ2n) is 5.71. The molecule has 0 fully saturated rings. The van der Waals surface area contributed by atoms with E-state index in [1.54, 1.807) is 37.3 Å². The molecule has 0 atom stereocenters. The number of nitrogens with zero attached hydrogens (tertiary/aromatic N) is 1. The predicted molar refractivity (Wildman–Crippen MR) is 118 cm³/mol. The van der Waals surface area contributed by atoms with Crippen LogP contribution < -0.4 is 10.1 Å². The monoisotopic (exact) mass is 540 g/mol. The number of methoxy groups -OCH3 is 1. The first kappa shape index (κ1) is 22.9. The second kappa shape index (κ2) is 10.4. The number of anilines is 1. The summed E-state index contributed by atoms with van der Waals surface area (Å²) in [5.41, 5.74) is 1.71. The number of hydrogen-bond donors (Lipinski definition) is 1. The van der Waals surface area contributed by atoms with E-state index in [2.05, 4.69) is 41.9 Å². The maximum atomic E-state index is 12.5. The molecule has 1 amide bonds. The number of carbonyl (C=O) groups is 2. The Hall–Kier alpha value is -2.34. The third-order valence-corrected chi connectivity index (χ3v) is 5.36. The Morgan fingerprint density at radius 2 is 1.93 bits per heavy atom. The van der Waals surface area contributed by atoms with Gasteiger partial charge in [-0.1, -0.05) is 17.7 Å². The van der Waals surface area contributed by atoms with Crippen molar-refractivity contribution >= 4 is 67.1 Å². The van der Waals surface area contributed by atoms with Crippen molar-refractivity contribution in [2.24, 2.45) is 0 Å². The molecule has 150 valence electrons. The topological polar surface area (TPSA) is 88.4 Å². The van der Waals surface area contributed by atoms with Crippen LogP contribution in [0, 0.1) is 18.3 Å². The van der Waals surface area contributed by atoms with Crippen LogP contribution in [0.3, 0.4) is 0 Å². The average molecular weight is 543 g/mol. The molecule has 1 N–H and O–H groups in total. The number of esters is 1. The fraction of sp³-hybridized carbons (Fsp3) is 0.150. The zero-order valence-corrected chi connectivity index (χ0v) is 19.3.